The molecule has 1 unspecified atom stereocenters. The Morgan fingerprint density at radius 3 is 2.48 bits per heavy atom. The minimum absolute atomic E-state index is 0.254. The summed E-state index contributed by atoms with van der Waals surface area (Å²) in [5.74, 6) is -0.244. The molecule has 0 saturated heterocycles. The topological polar surface area (TPSA) is 49.8 Å². The molecule has 3 aromatic carbocycles. The van der Waals surface area contributed by atoms with E-state index in [4.69, 9.17) is 9.84 Å². The number of benzene rings is 3. The molecule has 1 N–H and O–H groups in total. The van der Waals surface area contributed by atoms with Crippen LogP contribution in [-0.4, -0.2) is 29.0 Å². The van der Waals surface area contributed by atoms with Gasteiger partial charge in [-0.3, -0.25) is 0 Å². The second-order valence-corrected chi connectivity index (χ2v) is 9.03. The van der Waals surface area contributed by atoms with Gasteiger partial charge in [0, 0.05) is 10.9 Å². The standard InChI is InChI=1S/C26H27NO3S/c1-27(31-21-16-14-20(15-17-21)19-8-3-2-4-9-19)24-12-6-5-10-23-22(24)11-7-13-25(23)30-18-26(28)29/h2-4,7-9,11,13-17,24H,5-6,10,12,18H2,1H3,(H,28,29). The van der Waals surface area contributed by atoms with Crippen LogP contribution in [0.4, 0.5) is 0 Å². The third-order valence-electron chi connectivity index (χ3n) is 5.68. The van der Waals surface area contributed by atoms with Crippen molar-refractivity contribution >= 4 is 17.9 Å². The first kappa shape index (κ1) is 21.5. The number of carboxylic acid groups (broad SMARTS) is 1. The van der Waals surface area contributed by atoms with E-state index in [1.54, 1.807) is 11.9 Å². The summed E-state index contributed by atoms with van der Waals surface area (Å²) in [5, 5.41) is 8.99. The van der Waals surface area contributed by atoms with E-state index in [0.29, 0.717) is 5.75 Å². The van der Waals surface area contributed by atoms with Gasteiger partial charge in [0.25, 0.3) is 0 Å². The highest BCUT2D eigenvalue weighted by molar-refractivity contribution is 7.97. The fourth-order valence-electron chi connectivity index (χ4n) is 4.18. The van der Waals surface area contributed by atoms with E-state index in [9.17, 15) is 4.79 Å². The van der Waals surface area contributed by atoms with Crippen LogP contribution >= 0.6 is 11.9 Å². The maximum Gasteiger partial charge on any atom is 0.341 e. The van der Waals surface area contributed by atoms with Crippen molar-refractivity contribution in [3.8, 4) is 16.9 Å². The fraction of sp³-hybridized carbons (Fsp3) is 0.269. The van der Waals surface area contributed by atoms with Crippen molar-refractivity contribution in [1.82, 2.24) is 4.31 Å². The lowest BCUT2D eigenvalue weighted by molar-refractivity contribution is -0.139. The van der Waals surface area contributed by atoms with Gasteiger partial charge in [0.15, 0.2) is 6.61 Å². The van der Waals surface area contributed by atoms with Crippen molar-refractivity contribution in [3.63, 3.8) is 0 Å². The van der Waals surface area contributed by atoms with Crippen molar-refractivity contribution in [1.29, 1.82) is 0 Å². The van der Waals surface area contributed by atoms with Crippen LogP contribution < -0.4 is 4.74 Å². The van der Waals surface area contributed by atoms with Crippen molar-refractivity contribution in [2.75, 3.05) is 13.7 Å². The van der Waals surface area contributed by atoms with Gasteiger partial charge in [0.2, 0.25) is 0 Å². The van der Waals surface area contributed by atoms with E-state index in [0.717, 1.165) is 31.2 Å². The van der Waals surface area contributed by atoms with Crippen molar-refractivity contribution < 1.29 is 14.6 Å². The Balaban J connectivity index is 1.52. The number of nitrogens with zero attached hydrogens (tertiary/aromatic N) is 1. The van der Waals surface area contributed by atoms with Gasteiger partial charge in [0.1, 0.15) is 5.75 Å². The summed E-state index contributed by atoms with van der Waals surface area (Å²) in [7, 11) is 2.14. The SMILES string of the molecule is CN(Sc1ccc(-c2ccccc2)cc1)C1CCCCc2c(OCC(=O)O)cccc21. The number of hydrogen-bond donors (Lipinski definition) is 1. The van der Waals surface area contributed by atoms with Crippen molar-refractivity contribution in [2.45, 2.75) is 36.6 Å². The van der Waals surface area contributed by atoms with E-state index in [1.165, 1.54) is 21.6 Å². The Morgan fingerprint density at radius 2 is 1.74 bits per heavy atom. The molecule has 160 valence electrons. The Bertz CT molecular complexity index is 1020. The molecule has 3 aromatic rings. The third-order valence-corrected chi connectivity index (χ3v) is 6.71. The lowest BCUT2D eigenvalue weighted by atomic mass is 9.98. The molecule has 0 aliphatic heterocycles. The summed E-state index contributed by atoms with van der Waals surface area (Å²) in [4.78, 5) is 12.2. The summed E-state index contributed by atoms with van der Waals surface area (Å²) in [6, 6.07) is 25.4. The van der Waals surface area contributed by atoms with Crippen LogP contribution in [0.2, 0.25) is 0 Å². The Hall–Kier alpha value is -2.76. The third kappa shape index (κ3) is 5.30. The molecule has 4 nitrogen and oxygen atoms in total. The van der Waals surface area contributed by atoms with E-state index in [2.05, 4.69) is 66.0 Å². The molecule has 1 atom stereocenters. The molecule has 0 radical (unpaired) electrons. The van der Waals surface area contributed by atoms with Crippen LogP contribution in [-0.2, 0) is 11.2 Å². The molecule has 5 heteroatoms. The van der Waals surface area contributed by atoms with Gasteiger partial charge in [0.05, 0.1) is 0 Å². The van der Waals surface area contributed by atoms with Crippen LogP contribution in [0.5, 0.6) is 5.75 Å². The number of rotatable bonds is 7. The number of hydrogen-bond acceptors (Lipinski definition) is 4. The molecule has 0 bridgehead atoms. The molecular weight excluding hydrogens is 406 g/mol. The first-order valence-corrected chi connectivity index (χ1v) is 11.4. The molecule has 0 saturated carbocycles. The maximum absolute atomic E-state index is 11.0. The van der Waals surface area contributed by atoms with Gasteiger partial charge in [-0.1, -0.05) is 61.0 Å². The number of aliphatic carboxylic acids is 1. The van der Waals surface area contributed by atoms with E-state index >= 15 is 0 Å². The zero-order valence-corrected chi connectivity index (χ0v) is 18.5. The number of ether oxygens (including phenoxy) is 1. The Morgan fingerprint density at radius 1 is 1.00 bits per heavy atom. The second-order valence-electron chi connectivity index (χ2n) is 7.80. The number of fused-ring (bicyclic) bond motifs is 1. The van der Waals surface area contributed by atoms with Gasteiger partial charge < -0.3 is 9.84 Å². The Labute approximate surface area is 188 Å². The van der Waals surface area contributed by atoms with Crippen molar-refractivity contribution in [2.24, 2.45) is 0 Å². The van der Waals surface area contributed by atoms with Gasteiger partial charge in [-0.25, -0.2) is 9.10 Å². The van der Waals surface area contributed by atoms with E-state index < -0.39 is 5.97 Å². The highest BCUT2D eigenvalue weighted by Crippen LogP contribution is 2.41. The predicted octanol–water partition coefficient (Wildman–Crippen LogP) is 6.22. The highest BCUT2D eigenvalue weighted by atomic mass is 32.2. The normalized spacial score (nSPS) is 15.9. The lowest BCUT2D eigenvalue weighted by Crippen LogP contribution is -2.19. The smallest absolute Gasteiger partial charge is 0.341 e. The molecule has 1 aliphatic rings. The van der Waals surface area contributed by atoms with Gasteiger partial charge in [-0.05, 0) is 78.7 Å². The maximum atomic E-state index is 11.0. The summed E-state index contributed by atoms with van der Waals surface area (Å²) in [6.45, 7) is -0.306. The molecule has 1 aliphatic carbocycles. The highest BCUT2D eigenvalue weighted by Gasteiger charge is 2.25. The molecule has 0 heterocycles. The van der Waals surface area contributed by atoms with E-state index in [1.807, 2.05) is 18.2 Å². The zero-order chi connectivity index (χ0) is 21.6. The summed E-state index contributed by atoms with van der Waals surface area (Å²) < 4.78 is 7.92. The number of carbonyl (C=O) groups is 1. The molecular formula is C26H27NO3S. The monoisotopic (exact) mass is 433 g/mol. The Kier molecular flexibility index (Phi) is 6.95. The largest absolute Gasteiger partial charge is 0.482 e. The van der Waals surface area contributed by atoms with Gasteiger partial charge in [-0.15, -0.1) is 0 Å². The molecule has 0 spiro atoms. The molecule has 4 rings (SSSR count). The zero-order valence-electron chi connectivity index (χ0n) is 17.7. The first-order valence-electron chi connectivity index (χ1n) is 10.6. The van der Waals surface area contributed by atoms with Crippen LogP contribution in [0.1, 0.15) is 36.4 Å². The molecule has 31 heavy (non-hydrogen) atoms. The summed E-state index contributed by atoms with van der Waals surface area (Å²) in [6.07, 6.45) is 4.21. The van der Waals surface area contributed by atoms with Gasteiger partial charge in [-0.2, -0.15) is 0 Å². The average Bonchev–Trinajstić information content (AvgIpc) is 3.02. The first-order chi connectivity index (χ1) is 15.1. The molecule has 0 aromatic heterocycles. The molecule has 0 amide bonds. The fourth-order valence-corrected chi connectivity index (χ4v) is 5.11. The van der Waals surface area contributed by atoms with Crippen LogP contribution in [0.15, 0.2) is 77.7 Å². The van der Waals surface area contributed by atoms with E-state index in [-0.39, 0.29) is 12.6 Å². The minimum atomic E-state index is -0.950. The summed E-state index contributed by atoms with van der Waals surface area (Å²) in [5.41, 5.74) is 4.83. The second kappa shape index (κ2) is 10.0. The molecule has 0 fully saturated rings. The van der Waals surface area contributed by atoms with Crippen LogP contribution in [0.3, 0.4) is 0 Å². The van der Waals surface area contributed by atoms with Crippen LogP contribution in [0.25, 0.3) is 11.1 Å². The average molecular weight is 434 g/mol. The van der Waals surface area contributed by atoms with Crippen molar-refractivity contribution in [3.05, 3.63) is 83.9 Å². The minimum Gasteiger partial charge on any atom is -0.482 e. The number of carboxylic acids is 1. The van der Waals surface area contributed by atoms with Crippen LogP contribution in [0, 0.1) is 0 Å². The quantitative estimate of drug-likeness (QED) is 0.354. The predicted molar refractivity (Wildman–Crippen MR) is 125 cm³/mol. The lowest BCUT2D eigenvalue weighted by Gasteiger charge is -2.28. The van der Waals surface area contributed by atoms with Gasteiger partial charge >= 0.3 is 5.97 Å². The summed E-state index contributed by atoms with van der Waals surface area (Å²) >= 11 is 1.75.